The van der Waals surface area contributed by atoms with Crippen molar-refractivity contribution in [2.75, 3.05) is 17.8 Å². The van der Waals surface area contributed by atoms with Gasteiger partial charge in [0.1, 0.15) is 10.8 Å². The van der Waals surface area contributed by atoms with E-state index in [9.17, 15) is 18.0 Å². The summed E-state index contributed by atoms with van der Waals surface area (Å²) < 4.78 is 29.3. The highest BCUT2D eigenvalue weighted by Gasteiger charge is 2.19. The molecule has 1 aromatic carbocycles. The number of carbonyl (C=O) groups is 2. The van der Waals surface area contributed by atoms with Gasteiger partial charge in [0.15, 0.2) is 0 Å². The lowest BCUT2D eigenvalue weighted by molar-refractivity contribution is -0.131. The molecule has 0 aliphatic carbocycles. The van der Waals surface area contributed by atoms with Crippen molar-refractivity contribution in [1.82, 2.24) is 9.47 Å². The van der Waals surface area contributed by atoms with Crippen LogP contribution in [0, 0.1) is 0 Å². The molecule has 3 aromatic rings. The van der Waals surface area contributed by atoms with E-state index in [1.807, 2.05) is 24.5 Å². The summed E-state index contributed by atoms with van der Waals surface area (Å²) in [5.74, 6) is -1.16. The standard InChI is InChI=1S/C19H21N3O5S2/c1-3-21(4-2)17(23)11-22-8-7-13-9-15(5-6-16(13)22)20-29(26,27)18-10-14(12-28-18)19(24)25/h5-10,12,20H,3-4,11H2,1-2H3,(H,24,25). The summed E-state index contributed by atoms with van der Waals surface area (Å²) in [5, 5.41) is 11.0. The number of aromatic carboxylic acids is 1. The summed E-state index contributed by atoms with van der Waals surface area (Å²) in [6, 6.07) is 7.99. The van der Waals surface area contributed by atoms with Gasteiger partial charge in [0.05, 0.1) is 5.56 Å². The molecular weight excluding hydrogens is 414 g/mol. The van der Waals surface area contributed by atoms with Crippen molar-refractivity contribution in [2.24, 2.45) is 0 Å². The molecule has 154 valence electrons. The fourth-order valence-corrected chi connectivity index (χ4v) is 5.20. The molecule has 0 fully saturated rings. The van der Waals surface area contributed by atoms with E-state index >= 15 is 0 Å². The van der Waals surface area contributed by atoms with Gasteiger partial charge < -0.3 is 14.6 Å². The van der Waals surface area contributed by atoms with Crippen LogP contribution in [0.25, 0.3) is 10.9 Å². The lowest BCUT2D eigenvalue weighted by atomic mass is 10.2. The van der Waals surface area contributed by atoms with E-state index in [4.69, 9.17) is 5.11 Å². The third kappa shape index (κ3) is 4.43. The van der Waals surface area contributed by atoms with Gasteiger partial charge in [0.25, 0.3) is 10.0 Å². The van der Waals surface area contributed by atoms with Crippen molar-refractivity contribution in [3.05, 3.63) is 47.5 Å². The SMILES string of the molecule is CCN(CC)C(=O)Cn1ccc2cc(NS(=O)(=O)c3cc(C(=O)O)cs3)ccc21. The van der Waals surface area contributed by atoms with Gasteiger partial charge in [-0.1, -0.05) is 0 Å². The molecule has 2 N–H and O–H groups in total. The first kappa shape index (κ1) is 20.9. The van der Waals surface area contributed by atoms with Crippen molar-refractivity contribution >= 4 is 49.8 Å². The largest absolute Gasteiger partial charge is 0.478 e. The molecule has 0 atom stereocenters. The van der Waals surface area contributed by atoms with Crippen molar-refractivity contribution in [1.29, 1.82) is 0 Å². The number of fused-ring (bicyclic) bond motifs is 1. The molecule has 0 aliphatic rings. The lowest BCUT2D eigenvalue weighted by Gasteiger charge is -2.19. The van der Waals surface area contributed by atoms with Crippen LogP contribution in [0.15, 0.2) is 46.1 Å². The molecule has 3 rings (SSSR count). The third-order valence-corrected chi connectivity index (χ3v) is 7.35. The number of thiophene rings is 1. The number of sulfonamides is 1. The molecule has 2 heterocycles. The summed E-state index contributed by atoms with van der Waals surface area (Å²) in [6.07, 6.45) is 1.79. The van der Waals surface area contributed by atoms with Gasteiger partial charge in [-0.25, -0.2) is 13.2 Å². The van der Waals surface area contributed by atoms with Crippen molar-refractivity contribution in [3.8, 4) is 0 Å². The van der Waals surface area contributed by atoms with E-state index < -0.39 is 16.0 Å². The van der Waals surface area contributed by atoms with Gasteiger partial charge in [-0.15, -0.1) is 11.3 Å². The number of hydrogen-bond acceptors (Lipinski definition) is 5. The zero-order chi connectivity index (χ0) is 21.2. The average molecular weight is 436 g/mol. The van der Waals surface area contributed by atoms with E-state index in [0.29, 0.717) is 18.8 Å². The molecule has 0 aliphatic heterocycles. The number of nitrogens with one attached hydrogen (secondary N) is 1. The Balaban J connectivity index is 1.81. The van der Waals surface area contributed by atoms with Gasteiger partial charge in [0, 0.05) is 41.3 Å². The molecule has 0 saturated heterocycles. The number of likely N-dealkylation sites (N-methyl/N-ethyl adjacent to an activating group) is 1. The van der Waals surface area contributed by atoms with Crippen LogP contribution in [0.1, 0.15) is 24.2 Å². The number of aromatic nitrogens is 1. The second kappa shape index (κ2) is 8.26. The number of anilines is 1. The highest BCUT2D eigenvalue weighted by Crippen LogP contribution is 2.26. The second-order valence-electron chi connectivity index (χ2n) is 6.35. The van der Waals surface area contributed by atoms with Gasteiger partial charge in [-0.05, 0) is 44.2 Å². The normalized spacial score (nSPS) is 11.5. The molecule has 10 heteroatoms. The lowest BCUT2D eigenvalue weighted by Crippen LogP contribution is -2.33. The summed E-state index contributed by atoms with van der Waals surface area (Å²) in [5.41, 5.74) is 1.11. The summed E-state index contributed by atoms with van der Waals surface area (Å²) in [7, 11) is -3.89. The van der Waals surface area contributed by atoms with E-state index in [-0.39, 0.29) is 22.2 Å². The fraction of sp³-hybridized carbons (Fsp3) is 0.263. The number of carboxylic acids is 1. The smallest absolute Gasteiger partial charge is 0.336 e. The Hall–Kier alpha value is -2.85. The van der Waals surface area contributed by atoms with Crippen molar-refractivity contribution < 1.29 is 23.1 Å². The minimum absolute atomic E-state index is 0.0178. The summed E-state index contributed by atoms with van der Waals surface area (Å²) >= 11 is 0.848. The molecule has 0 saturated carbocycles. The van der Waals surface area contributed by atoms with Crippen LogP contribution in [0.4, 0.5) is 5.69 Å². The molecule has 0 bridgehead atoms. The second-order valence-corrected chi connectivity index (χ2v) is 9.17. The Morgan fingerprint density at radius 1 is 1.17 bits per heavy atom. The fourth-order valence-electron chi connectivity index (χ4n) is 3.00. The summed E-state index contributed by atoms with van der Waals surface area (Å²) in [6.45, 7) is 5.37. The molecular formula is C19H21N3O5S2. The molecule has 0 spiro atoms. The predicted octanol–water partition coefficient (Wildman–Crippen LogP) is 3.07. The zero-order valence-corrected chi connectivity index (χ0v) is 17.6. The molecule has 29 heavy (non-hydrogen) atoms. The van der Waals surface area contributed by atoms with Gasteiger partial charge in [-0.3, -0.25) is 9.52 Å². The maximum atomic E-state index is 12.5. The predicted molar refractivity (Wildman–Crippen MR) is 112 cm³/mol. The Kier molecular flexibility index (Phi) is 5.94. The summed E-state index contributed by atoms with van der Waals surface area (Å²) in [4.78, 5) is 25.1. The molecule has 0 unspecified atom stereocenters. The number of benzene rings is 1. The van der Waals surface area contributed by atoms with Crippen LogP contribution in [-0.4, -0.2) is 48.0 Å². The van der Waals surface area contributed by atoms with E-state index in [0.717, 1.165) is 28.3 Å². The Morgan fingerprint density at radius 3 is 2.52 bits per heavy atom. The first-order valence-corrected chi connectivity index (χ1v) is 11.3. The van der Waals surface area contributed by atoms with Crippen LogP contribution >= 0.6 is 11.3 Å². The van der Waals surface area contributed by atoms with Gasteiger partial charge in [-0.2, -0.15) is 0 Å². The van der Waals surface area contributed by atoms with Crippen LogP contribution in [0.2, 0.25) is 0 Å². The highest BCUT2D eigenvalue weighted by atomic mass is 32.2. The first-order valence-electron chi connectivity index (χ1n) is 8.96. The van der Waals surface area contributed by atoms with Crippen LogP contribution < -0.4 is 4.72 Å². The maximum Gasteiger partial charge on any atom is 0.336 e. The quantitative estimate of drug-likeness (QED) is 0.565. The van der Waals surface area contributed by atoms with Gasteiger partial charge >= 0.3 is 5.97 Å². The third-order valence-electron chi connectivity index (χ3n) is 4.53. The molecule has 2 aromatic heterocycles. The first-order chi connectivity index (χ1) is 13.7. The zero-order valence-electron chi connectivity index (χ0n) is 16.0. The van der Waals surface area contributed by atoms with Crippen LogP contribution in [-0.2, 0) is 21.4 Å². The number of carboxylic acid groups (broad SMARTS) is 1. The van der Waals surface area contributed by atoms with Crippen molar-refractivity contribution in [2.45, 2.75) is 24.6 Å². The topological polar surface area (TPSA) is 109 Å². The van der Waals surface area contributed by atoms with Crippen LogP contribution in [0.3, 0.4) is 0 Å². The Morgan fingerprint density at radius 2 is 1.90 bits per heavy atom. The van der Waals surface area contributed by atoms with Crippen LogP contribution in [0.5, 0.6) is 0 Å². The monoisotopic (exact) mass is 435 g/mol. The number of nitrogens with zero attached hydrogens (tertiary/aromatic N) is 2. The minimum Gasteiger partial charge on any atom is -0.478 e. The number of rotatable bonds is 8. The van der Waals surface area contributed by atoms with Crippen molar-refractivity contribution in [3.63, 3.8) is 0 Å². The Labute approximate surface area is 172 Å². The molecule has 0 radical (unpaired) electrons. The minimum atomic E-state index is -3.89. The van der Waals surface area contributed by atoms with E-state index in [2.05, 4.69) is 4.72 Å². The number of carbonyl (C=O) groups excluding carboxylic acids is 1. The van der Waals surface area contributed by atoms with Gasteiger partial charge in [0.2, 0.25) is 5.91 Å². The van der Waals surface area contributed by atoms with E-state index in [1.54, 1.807) is 29.3 Å². The number of amides is 1. The Bertz CT molecular complexity index is 1160. The molecule has 1 amide bonds. The average Bonchev–Trinajstić information content (AvgIpc) is 3.30. The van der Waals surface area contributed by atoms with E-state index in [1.165, 1.54) is 5.38 Å². The highest BCUT2D eigenvalue weighted by molar-refractivity contribution is 7.94. The maximum absolute atomic E-state index is 12.5. The molecule has 8 nitrogen and oxygen atoms in total. The number of hydrogen-bond donors (Lipinski definition) is 2.